The van der Waals surface area contributed by atoms with Crippen molar-refractivity contribution < 1.29 is 13.2 Å². The first kappa shape index (κ1) is 16.4. The van der Waals surface area contributed by atoms with Gasteiger partial charge in [0.05, 0.1) is 24.4 Å². The quantitative estimate of drug-likeness (QED) is 0.811. The van der Waals surface area contributed by atoms with Crippen LogP contribution in [0.25, 0.3) is 0 Å². The molecule has 1 aliphatic heterocycles. The SMILES string of the molecule is CS(=O)(=O)N1CCC[C@@H](C(=O)N(Cc2ccccn2)C2CC2)C1. The number of sulfonamides is 1. The van der Waals surface area contributed by atoms with Gasteiger partial charge >= 0.3 is 0 Å². The van der Waals surface area contributed by atoms with E-state index in [1.807, 2.05) is 23.1 Å². The highest BCUT2D eigenvalue weighted by Crippen LogP contribution is 2.31. The van der Waals surface area contributed by atoms with Crippen LogP contribution in [0.5, 0.6) is 0 Å². The van der Waals surface area contributed by atoms with Crippen molar-refractivity contribution >= 4 is 15.9 Å². The van der Waals surface area contributed by atoms with Crippen LogP contribution in [0.4, 0.5) is 0 Å². The Morgan fingerprint density at radius 2 is 2.13 bits per heavy atom. The molecule has 1 amide bonds. The van der Waals surface area contributed by atoms with Crippen LogP contribution in [0.2, 0.25) is 0 Å². The van der Waals surface area contributed by atoms with E-state index in [0.29, 0.717) is 19.6 Å². The van der Waals surface area contributed by atoms with Crippen LogP contribution in [-0.2, 0) is 21.4 Å². The van der Waals surface area contributed by atoms with Crippen LogP contribution >= 0.6 is 0 Å². The molecule has 1 aromatic rings. The maximum Gasteiger partial charge on any atom is 0.227 e. The first-order chi connectivity index (χ1) is 10.9. The molecule has 1 saturated heterocycles. The first-order valence-corrected chi connectivity index (χ1v) is 9.95. The highest BCUT2D eigenvalue weighted by molar-refractivity contribution is 7.88. The molecule has 0 unspecified atom stereocenters. The van der Waals surface area contributed by atoms with E-state index in [9.17, 15) is 13.2 Å². The topological polar surface area (TPSA) is 70.6 Å². The molecule has 1 saturated carbocycles. The van der Waals surface area contributed by atoms with Crippen molar-refractivity contribution in [2.24, 2.45) is 5.92 Å². The van der Waals surface area contributed by atoms with E-state index in [1.54, 1.807) is 6.20 Å². The van der Waals surface area contributed by atoms with Crippen molar-refractivity contribution in [3.05, 3.63) is 30.1 Å². The zero-order valence-electron chi connectivity index (χ0n) is 13.4. The number of hydrogen-bond acceptors (Lipinski definition) is 4. The third-order valence-corrected chi connectivity index (χ3v) is 5.80. The summed E-state index contributed by atoms with van der Waals surface area (Å²) in [7, 11) is -3.23. The van der Waals surface area contributed by atoms with Gasteiger partial charge in [-0.25, -0.2) is 12.7 Å². The molecule has 6 nitrogen and oxygen atoms in total. The zero-order valence-corrected chi connectivity index (χ0v) is 14.2. The molecule has 2 aliphatic rings. The molecule has 1 aromatic heterocycles. The molecule has 3 rings (SSSR count). The molecule has 1 aliphatic carbocycles. The number of carbonyl (C=O) groups excluding carboxylic acids is 1. The number of nitrogens with zero attached hydrogens (tertiary/aromatic N) is 3. The lowest BCUT2D eigenvalue weighted by Crippen LogP contribution is -2.46. The second-order valence-corrected chi connectivity index (χ2v) is 8.46. The standard InChI is InChI=1S/C16H23N3O3S/c1-23(21,22)18-10-4-5-13(11-18)16(20)19(15-7-8-15)12-14-6-2-3-9-17-14/h2-3,6,9,13,15H,4-5,7-8,10-12H2,1H3/t13-/m1/s1. The fourth-order valence-electron chi connectivity index (χ4n) is 3.12. The molecule has 0 radical (unpaired) electrons. The summed E-state index contributed by atoms with van der Waals surface area (Å²) < 4.78 is 24.9. The van der Waals surface area contributed by atoms with Crippen molar-refractivity contribution in [2.75, 3.05) is 19.3 Å². The molecule has 2 fully saturated rings. The van der Waals surface area contributed by atoms with Gasteiger partial charge in [-0.05, 0) is 37.8 Å². The fourth-order valence-corrected chi connectivity index (χ4v) is 4.03. The van der Waals surface area contributed by atoms with E-state index in [-0.39, 0.29) is 17.9 Å². The van der Waals surface area contributed by atoms with Crippen molar-refractivity contribution in [3.8, 4) is 0 Å². The Balaban J connectivity index is 1.71. The van der Waals surface area contributed by atoms with Crippen LogP contribution < -0.4 is 0 Å². The highest BCUT2D eigenvalue weighted by atomic mass is 32.2. The average Bonchev–Trinajstić information content (AvgIpc) is 3.37. The Morgan fingerprint density at radius 3 is 2.74 bits per heavy atom. The number of piperidine rings is 1. The Kier molecular flexibility index (Phi) is 4.68. The van der Waals surface area contributed by atoms with Crippen LogP contribution in [0, 0.1) is 5.92 Å². The smallest absolute Gasteiger partial charge is 0.227 e. The minimum absolute atomic E-state index is 0.0755. The molecule has 0 aromatic carbocycles. The van der Waals surface area contributed by atoms with Gasteiger partial charge in [0.2, 0.25) is 15.9 Å². The second kappa shape index (κ2) is 6.57. The van der Waals surface area contributed by atoms with Crippen LogP contribution in [-0.4, -0.2) is 53.9 Å². The number of rotatable bonds is 5. The molecule has 0 bridgehead atoms. The Morgan fingerprint density at radius 1 is 1.35 bits per heavy atom. The largest absolute Gasteiger partial charge is 0.334 e. The minimum Gasteiger partial charge on any atom is -0.334 e. The fraction of sp³-hybridized carbons (Fsp3) is 0.625. The average molecular weight is 337 g/mol. The van der Waals surface area contributed by atoms with Gasteiger partial charge in [-0.3, -0.25) is 9.78 Å². The lowest BCUT2D eigenvalue weighted by Gasteiger charge is -2.33. The summed E-state index contributed by atoms with van der Waals surface area (Å²) in [5.41, 5.74) is 0.878. The number of amides is 1. The summed E-state index contributed by atoms with van der Waals surface area (Å²) in [6.07, 6.45) is 6.51. The van der Waals surface area contributed by atoms with Gasteiger partial charge < -0.3 is 4.90 Å². The van der Waals surface area contributed by atoms with E-state index >= 15 is 0 Å². The summed E-state index contributed by atoms with van der Waals surface area (Å²) in [6, 6.07) is 5.99. The summed E-state index contributed by atoms with van der Waals surface area (Å²) in [6.45, 7) is 1.34. The van der Waals surface area contributed by atoms with Gasteiger partial charge in [-0.15, -0.1) is 0 Å². The van der Waals surface area contributed by atoms with Gasteiger partial charge in [0.25, 0.3) is 0 Å². The van der Waals surface area contributed by atoms with Crippen LogP contribution in [0.1, 0.15) is 31.4 Å². The van der Waals surface area contributed by atoms with Gasteiger partial charge in [-0.2, -0.15) is 0 Å². The Bertz CT molecular complexity index is 658. The van der Waals surface area contributed by atoms with Crippen LogP contribution in [0.15, 0.2) is 24.4 Å². The van der Waals surface area contributed by atoms with E-state index in [1.165, 1.54) is 10.6 Å². The number of aromatic nitrogens is 1. The number of pyridine rings is 1. The normalized spacial score (nSPS) is 22.7. The zero-order chi connectivity index (χ0) is 16.4. The van der Waals surface area contributed by atoms with E-state index in [0.717, 1.165) is 31.4 Å². The molecule has 7 heteroatoms. The predicted molar refractivity (Wildman–Crippen MR) is 86.9 cm³/mol. The maximum atomic E-state index is 12.9. The monoisotopic (exact) mass is 337 g/mol. The summed E-state index contributed by atoms with van der Waals surface area (Å²) in [5.74, 6) is -0.158. The third-order valence-electron chi connectivity index (χ3n) is 4.53. The third kappa shape index (κ3) is 4.09. The highest BCUT2D eigenvalue weighted by Gasteiger charge is 2.38. The van der Waals surface area contributed by atoms with E-state index < -0.39 is 10.0 Å². The van der Waals surface area contributed by atoms with E-state index in [4.69, 9.17) is 0 Å². The Labute approximate surface area is 137 Å². The second-order valence-electron chi connectivity index (χ2n) is 6.48. The molecular weight excluding hydrogens is 314 g/mol. The molecule has 0 N–H and O–H groups in total. The number of hydrogen-bond donors (Lipinski definition) is 0. The minimum atomic E-state index is -3.23. The predicted octanol–water partition coefficient (Wildman–Crippen LogP) is 1.24. The van der Waals surface area contributed by atoms with Crippen molar-refractivity contribution in [1.29, 1.82) is 0 Å². The summed E-state index contributed by atoms with van der Waals surface area (Å²) in [5, 5.41) is 0. The molecule has 23 heavy (non-hydrogen) atoms. The van der Waals surface area contributed by atoms with Crippen molar-refractivity contribution in [3.63, 3.8) is 0 Å². The maximum absolute atomic E-state index is 12.9. The van der Waals surface area contributed by atoms with Crippen molar-refractivity contribution in [2.45, 2.75) is 38.3 Å². The molecule has 2 heterocycles. The Hall–Kier alpha value is -1.47. The van der Waals surface area contributed by atoms with Gasteiger partial charge in [0.1, 0.15) is 0 Å². The molecular formula is C16H23N3O3S. The summed E-state index contributed by atoms with van der Waals surface area (Å²) >= 11 is 0. The summed E-state index contributed by atoms with van der Waals surface area (Å²) in [4.78, 5) is 19.1. The molecule has 0 spiro atoms. The molecule has 1 atom stereocenters. The van der Waals surface area contributed by atoms with Crippen LogP contribution in [0.3, 0.4) is 0 Å². The first-order valence-electron chi connectivity index (χ1n) is 8.10. The molecule has 126 valence electrons. The lowest BCUT2D eigenvalue weighted by molar-refractivity contribution is -0.138. The van der Waals surface area contributed by atoms with Gasteiger partial charge in [0.15, 0.2) is 0 Å². The number of carbonyl (C=O) groups is 1. The van der Waals surface area contributed by atoms with E-state index in [2.05, 4.69) is 4.98 Å². The van der Waals surface area contributed by atoms with Crippen molar-refractivity contribution in [1.82, 2.24) is 14.2 Å². The lowest BCUT2D eigenvalue weighted by atomic mass is 9.98. The van der Waals surface area contributed by atoms with Gasteiger partial charge in [0, 0.05) is 25.3 Å². The van der Waals surface area contributed by atoms with Gasteiger partial charge in [-0.1, -0.05) is 6.07 Å².